The van der Waals surface area contributed by atoms with Gasteiger partial charge in [0.2, 0.25) is 5.91 Å². The first kappa shape index (κ1) is 13.1. The Labute approximate surface area is 112 Å². The lowest BCUT2D eigenvalue weighted by molar-refractivity contribution is -0.137. The van der Waals surface area contributed by atoms with Crippen molar-refractivity contribution in [3.8, 4) is 0 Å². The number of hydrazine groups is 1. The van der Waals surface area contributed by atoms with Crippen LogP contribution in [0.2, 0.25) is 0 Å². The summed E-state index contributed by atoms with van der Waals surface area (Å²) in [4.78, 5) is 15.5. The molecule has 6 nitrogen and oxygen atoms in total. The molecule has 0 spiro atoms. The van der Waals surface area contributed by atoms with Crippen molar-refractivity contribution in [2.45, 2.75) is 12.3 Å². The maximum absolute atomic E-state index is 12.5. The lowest BCUT2D eigenvalue weighted by Gasteiger charge is -2.31. The molecule has 2 aliphatic heterocycles. The van der Waals surface area contributed by atoms with Gasteiger partial charge >= 0.3 is 6.18 Å². The van der Waals surface area contributed by atoms with Gasteiger partial charge in [0.1, 0.15) is 12.0 Å². The van der Waals surface area contributed by atoms with E-state index in [1.54, 1.807) is 5.01 Å². The second-order valence-electron chi connectivity index (χ2n) is 4.61. The standard InChI is InChI=1S/C11H12F3N5O/c12-11(13,14)6-1-2-8(15-3-6)19-9-7(4-18-19)10(20)17-5-16-9/h1-3,7,9,16,18H,4-5H2,(H,17,20). The Balaban J connectivity index is 1.81. The summed E-state index contributed by atoms with van der Waals surface area (Å²) in [6.07, 6.45) is -3.93. The Morgan fingerprint density at radius 3 is 2.80 bits per heavy atom. The van der Waals surface area contributed by atoms with Gasteiger partial charge in [0.25, 0.3) is 0 Å². The molecule has 9 heteroatoms. The van der Waals surface area contributed by atoms with E-state index in [1.165, 1.54) is 6.07 Å². The van der Waals surface area contributed by atoms with Crippen LogP contribution in [0.25, 0.3) is 0 Å². The number of aromatic nitrogens is 1. The van der Waals surface area contributed by atoms with Crippen LogP contribution >= 0.6 is 0 Å². The van der Waals surface area contributed by atoms with Crippen LogP contribution in [-0.2, 0) is 11.0 Å². The first-order chi connectivity index (χ1) is 9.47. The van der Waals surface area contributed by atoms with Crippen molar-refractivity contribution in [2.75, 3.05) is 18.2 Å². The van der Waals surface area contributed by atoms with Crippen LogP contribution in [0.5, 0.6) is 0 Å². The zero-order valence-electron chi connectivity index (χ0n) is 10.2. The fourth-order valence-electron chi connectivity index (χ4n) is 2.35. The SMILES string of the molecule is O=C1NCNC2C1CNN2c1ccc(C(F)(F)F)cn1. The molecule has 20 heavy (non-hydrogen) atoms. The van der Waals surface area contributed by atoms with E-state index < -0.39 is 11.7 Å². The highest BCUT2D eigenvalue weighted by molar-refractivity contribution is 5.81. The first-order valence-corrected chi connectivity index (χ1v) is 6.04. The van der Waals surface area contributed by atoms with Gasteiger partial charge in [0, 0.05) is 12.7 Å². The number of rotatable bonds is 1. The quantitative estimate of drug-likeness (QED) is 0.680. The van der Waals surface area contributed by atoms with Gasteiger partial charge in [0.15, 0.2) is 0 Å². The van der Waals surface area contributed by atoms with E-state index in [9.17, 15) is 18.0 Å². The Kier molecular flexibility index (Phi) is 3.02. The van der Waals surface area contributed by atoms with Crippen molar-refractivity contribution < 1.29 is 18.0 Å². The number of nitrogens with one attached hydrogen (secondary N) is 3. The topological polar surface area (TPSA) is 69.3 Å². The molecule has 3 rings (SSSR count). The second-order valence-corrected chi connectivity index (χ2v) is 4.61. The lowest BCUT2D eigenvalue weighted by atomic mass is 10.1. The van der Waals surface area contributed by atoms with Crippen LogP contribution in [0, 0.1) is 5.92 Å². The highest BCUT2D eigenvalue weighted by Gasteiger charge is 2.41. The van der Waals surface area contributed by atoms with Crippen molar-refractivity contribution in [3.63, 3.8) is 0 Å². The minimum atomic E-state index is -4.41. The molecule has 0 aliphatic carbocycles. The summed E-state index contributed by atoms with van der Waals surface area (Å²) in [6.45, 7) is 0.727. The predicted molar refractivity (Wildman–Crippen MR) is 63.1 cm³/mol. The van der Waals surface area contributed by atoms with E-state index in [2.05, 4.69) is 21.0 Å². The zero-order valence-corrected chi connectivity index (χ0v) is 10.2. The Hall–Kier alpha value is -1.87. The summed E-state index contributed by atoms with van der Waals surface area (Å²) in [6, 6.07) is 2.26. The second kappa shape index (κ2) is 4.60. The minimum Gasteiger partial charge on any atom is -0.343 e. The van der Waals surface area contributed by atoms with Crippen LogP contribution in [0.3, 0.4) is 0 Å². The minimum absolute atomic E-state index is 0.0874. The third-order valence-corrected chi connectivity index (χ3v) is 3.37. The molecule has 2 aliphatic rings. The average molecular weight is 287 g/mol. The smallest absolute Gasteiger partial charge is 0.343 e. The Morgan fingerprint density at radius 2 is 2.15 bits per heavy atom. The van der Waals surface area contributed by atoms with E-state index in [0.717, 1.165) is 12.3 Å². The summed E-state index contributed by atoms with van der Waals surface area (Å²) in [5.41, 5.74) is 2.17. The number of fused-ring (bicyclic) bond motifs is 1. The van der Waals surface area contributed by atoms with E-state index in [0.29, 0.717) is 19.0 Å². The monoisotopic (exact) mass is 287 g/mol. The van der Waals surface area contributed by atoms with Crippen LogP contribution in [0.4, 0.5) is 19.0 Å². The summed E-state index contributed by atoms with van der Waals surface area (Å²) in [5, 5.41) is 7.33. The summed E-state index contributed by atoms with van der Waals surface area (Å²) in [7, 11) is 0. The van der Waals surface area contributed by atoms with Gasteiger partial charge in [0.05, 0.1) is 18.2 Å². The molecule has 2 atom stereocenters. The molecule has 2 unspecified atom stereocenters. The molecule has 1 aromatic heterocycles. The highest BCUT2D eigenvalue weighted by atomic mass is 19.4. The van der Waals surface area contributed by atoms with Crippen LogP contribution in [0.15, 0.2) is 18.3 Å². The lowest BCUT2D eigenvalue weighted by Crippen LogP contribution is -2.58. The van der Waals surface area contributed by atoms with Gasteiger partial charge in [-0.2, -0.15) is 13.2 Å². The summed E-state index contributed by atoms with van der Waals surface area (Å²) in [5.74, 6) is -0.0452. The molecule has 0 aromatic carbocycles. The number of alkyl halides is 3. The molecule has 3 heterocycles. The zero-order chi connectivity index (χ0) is 14.3. The molecule has 2 saturated heterocycles. The Morgan fingerprint density at radius 1 is 1.35 bits per heavy atom. The molecule has 0 bridgehead atoms. The molecular formula is C11H12F3N5O. The molecule has 108 valence electrons. The third-order valence-electron chi connectivity index (χ3n) is 3.37. The van der Waals surface area contributed by atoms with Crippen molar-refractivity contribution in [3.05, 3.63) is 23.9 Å². The van der Waals surface area contributed by atoms with Gasteiger partial charge in [-0.25, -0.2) is 10.4 Å². The number of hydrogen-bond acceptors (Lipinski definition) is 5. The molecule has 3 N–H and O–H groups in total. The van der Waals surface area contributed by atoms with E-state index in [1.807, 2.05) is 0 Å². The predicted octanol–water partition coefficient (Wildman–Crippen LogP) is 0.0442. The average Bonchev–Trinajstić information content (AvgIpc) is 2.83. The van der Waals surface area contributed by atoms with Crippen molar-refractivity contribution in [1.82, 2.24) is 21.0 Å². The van der Waals surface area contributed by atoms with Crippen LogP contribution < -0.4 is 21.1 Å². The van der Waals surface area contributed by atoms with Crippen molar-refractivity contribution >= 4 is 11.7 Å². The highest BCUT2D eigenvalue weighted by Crippen LogP contribution is 2.30. The van der Waals surface area contributed by atoms with Gasteiger partial charge < -0.3 is 5.32 Å². The number of halogens is 3. The number of carbonyl (C=O) groups excluding carboxylic acids is 1. The molecule has 1 aromatic rings. The number of carbonyl (C=O) groups is 1. The maximum atomic E-state index is 12.5. The largest absolute Gasteiger partial charge is 0.417 e. The van der Waals surface area contributed by atoms with Crippen molar-refractivity contribution in [1.29, 1.82) is 0 Å². The number of pyridine rings is 1. The number of nitrogens with zero attached hydrogens (tertiary/aromatic N) is 2. The number of hydrogen-bond donors (Lipinski definition) is 3. The normalized spacial score (nSPS) is 26.4. The third kappa shape index (κ3) is 2.18. The van der Waals surface area contributed by atoms with Crippen LogP contribution in [-0.4, -0.2) is 30.3 Å². The molecule has 0 radical (unpaired) electrons. The van der Waals surface area contributed by atoms with Gasteiger partial charge in [-0.1, -0.05) is 0 Å². The molecule has 1 amide bonds. The van der Waals surface area contributed by atoms with Gasteiger partial charge in [-0.05, 0) is 12.1 Å². The molecule has 0 saturated carbocycles. The van der Waals surface area contributed by atoms with Crippen LogP contribution in [0.1, 0.15) is 5.56 Å². The Bertz CT molecular complexity index is 518. The fourth-order valence-corrected chi connectivity index (χ4v) is 2.35. The maximum Gasteiger partial charge on any atom is 0.417 e. The van der Waals surface area contributed by atoms with Crippen molar-refractivity contribution in [2.24, 2.45) is 5.92 Å². The van der Waals surface area contributed by atoms with Gasteiger partial charge in [-0.15, -0.1) is 0 Å². The summed E-state index contributed by atoms with van der Waals surface area (Å²) < 4.78 is 37.4. The fraction of sp³-hybridized carbons (Fsp3) is 0.455. The molecule has 2 fully saturated rings. The summed E-state index contributed by atoms with van der Waals surface area (Å²) >= 11 is 0. The number of amides is 1. The van der Waals surface area contributed by atoms with E-state index >= 15 is 0 Å². The van der Waals surface area contributed by atoms with E-state index in [4.69, 9.17) is 0 Å². The molecular weight excluding hydrogens is 275 g/mol. The first-order valence-electron chi connectivity index (χ1n) is 6.04. The number of anilines is 1. The van der Waals surface area contributed by atoms with Gasteiger partial charge in [-0.3, -0.25) is 15.1 Å². The van der Waals surface area contributed by atoms with E-state index in [-0.39, 0.29) is 18.0 Å².